The highest BCUT2D eigenvalue weighted by Gasteiger charge is 2.25. The van der Waals surface area contributed by atoms with Gasteiger partial charge in [0.2, 0.25) is 16.9 Å². The van der Waals surface area contributed by atoms with E-state index in [9.17, 15) is 0 Å². The van der Waals surface area contributed by atoms with Gasteiger partial charge in [-0.1, -0.05) is 13.8 Å². The van der Waals surface area contributed by atoms with Crippen LogP contribution < -0.4 is 0 Å². The molecule has 6 nitrogen and oxygen atoms in total. The van der Waals surface area contributed by atoms with Crippen LogP contribution in [0.3, 0.4) is 0 Å². The molecule has 0 saturated carbocycles. The predicted molar refractivity (Wildman–Crippen MR) is 86.6 cm³/mol. The molecular weight excluding hydrogens is 290 g/mol. The molecule has 0 bridgehead atoms. The smallest absolute Gasteiger partial charge is 0.229 e. The van der Waals surface area contributed by atoms with E-state index in [2.05, 4.69) is 28.9 Å². The van der Waals surface area contributed by atoms with Crippen LogP contribution >= 0.6 is 0 Å². The molecule has 1 aliphatic rings. The number of aromatic nitrogens is 5. The van der Waals surface area contributed by atoms with Crippen LogP contribution in [0.1, 0.15) is 49.4 Å². The average molecular weight is 307 g/mol. The molecule has 23 heavy (non-hydrogen) atoms. The highest BCUT2D eigenvalue weighted by molar-refractivity contribution is 6.07. The summed E-state index contributed by atoms with van der Waals surface area (Å²) in [7, 11) is 0. The molecule has 4 aromatic rings. The van der Waals surface area contributed by atoms with Gasteiger partial charge in [-0.25, -0.2) is 15.0 Å². The summed E-state index contributed by atoms with van der Waals surface area (Å²) in [6, 6.07) is 0. The lowest BCUT2D eigenvalue weighted by Crippen LogP contribution is -2.10. The number of furan rings is 1. The average Bonchev–Trinajstić information content (AvgIpc) is 3.17. The summed E-state index contributed by atoms with van der Waals surface area (Å²) in [6.45, 7) is 4.39. The molecule has 0 aliphatic heterocycles. The predicted octanol–water partition coefficient (Wildman–Crippen LogP) is 3.42. The number of fused-ring (bicyclic) bond motifs is 7. The number of hydrogen-bond donors (Lipinski definition) is 0. The van der Waals surface area contributed by atoms with Crippen LogP contribution in [0.4, 0.5) is 0 Å². The van der Waals surface area contributed by atoms with Gasteiger partial charge in [0.25, 0.3) is 0 Å². The Bertz CT molecular complexity index is 1060. The van der Waals surface area contributed by atoms with E-state index in [-0.39, 0.29) is 0 Å². The van der Waals surface area contributed by atoms with Crippen molar-refractivity contribution in [2.75, 3.05) is 0 Å². The Morgan fingerprint density at radius 2 is 1.96 bits per heavy atom. The molecule has 0 N–H and O–H groups in total. The molecule has 5 rings (SSSR count). The van der Waals surface area contributed by atoms with E-state index in [0.29, 0.717) is 22.9 Å². The third-order valence-corrected chi connectivity index (χ3v) is 4.78. The Kier molecular flexibility index (Phi) is 2.54. The SMILES string of the molecule is CC(C)c1nc2oc3c(ncn4ncnc34)c2c2c1CCCC2. The van der Waals surface area contributed by atoms with Crippen molar-refractivity contribution in [3.8, 4) is 0 Å². The van der Waals surface area contributed by atoms with Crippen molar-refractivity contribution >= 4 is 27.8 Å². The van der Waals surface area contributed by atoms with E-state index in [1.807, 2.05) is 0 Å². The van der Waals surface area contributed by atoms with Crippen LogP contribution in [0.25, 0.3) is 27.8 Å². The first-order valence-electron chi connectivity index (χ1n) is 8.16. The minimum atomic E-state index is 0.389. The largest absolute Gasteiger partial charge is 0.432 e. The second-order valence-corrected chi connectivity index (χ2v) is 6.55. The zero-order chi connectivity index (χ0) is 15.6. The summed E-state index contributed by atoms with van der Waals surface area (Å²) in [5.41, 5.74) is 6.88. The molecule has 4 heterocycles. The Labute approximate surface area is 132 Å². The Hall–Kier alpha value is -2.50. The van der Waals surface area contributed by atoms with Gasteiger partial charge < -0.3 is 4.42 Å². The van der Waals surface area contributed by atoms with Gasteiger partial charge in [0.15, 0.2) is 0 Å². The van der Waals surface area contributed by atoms with Crippen molar-refractivity contribution in [1.82, 2.24) is 24.6 Å². The lowest BCUT2D eigenvalue weighted by Gasteiger charge is -2.21. The maximum atomic E-state index is 6.08. The van der Waals surface area contributed by atoms with Gasteiger partial charge in [0.05, 0.1) is 11.1 Å². The Morgan fingerprint density at radius 1 is 1.13 bits per heavy atom. The summed E-state index contributed by atoms with van der Waals surface area (Å²) in [5, 5.41) is 5.21. The standard InChI is InChI=1S/C17H17N5O/c1-9(2)13-11-6-4-3-5-10(11)12-14-15(23-17(12)21-13)16-18-7-20-22(16)8-19-14/h7-9H,3-6H2,1-2H3. The van der Waals surface area contributed by atoms with Crippen LogP contribution in [-0.2, 0) is 12.8 Å². The molecule has 1 aliphatic carbocycles. The molecular formula is C17H17N5O. The first kappa shape index (κ1) is 13.0. The molecule has 0 atom stereocenters. The Morgan fingerprint density at radius 3 is 2.78 bits per heavy atom. The molecule has 0 saturated heterocycles. The molecule has 0 radical (unpaired) electrons. The second-order valence-electron chi connectivity index (χ2n) is 6.55. The normalized spacial score (nSPS) is 15.1. The van der Waals surface area contributed by atoms with Crippen LogP contribution in [0.15, 0.2) is 17.1 Å². The number of rotatable bonds is 1. The summed E-state index contributed by atoms with van der Waals surface area (Å²) < 4.78 is 7.72. The topological polar surface area (TPSA) is 69.1 Å². The third-order valence-electron chi connectivity index (χ3n) is 4.78. The van der Waals surface area contributed by atoms with Crippen LogP contribution in [0, 0.1) is 0 Å². The summed E-state index contributed by atoms with van der Waals surface area (Å²) in [4.78, 5) is 13.7. The van der Waals surface area contributed by atoms with Crippen molar-refractivity contribution in [2.24, 2.45) is 0 Å². The minimum Gasteiger partial charge on any atom is -0.432 e. The van der Waals surface area contributed by atoms with Crippen molar-refractivity contribution in [1.29, 1.82) is 0 Å². The molecule has 0 amide bonds. The number of nitrogens with zero attached hydrogens (tertiary/aromatic N) is 5. The van der Waals surface area contributed by atoms with E-state index in [4.69, 9.17) is 9.40 Å². The fourth-order valence-electron chi connectivity index (χ4n) is 3.76. The monoisotopic (exact) mass is 307 g/mol. The molecule has 0 unspecified atom stereocenters. The van der Waals surface area contributed by atoms with Crippen LogP contribution in [0.2, 0.25) is 0 Å². The molecule has 6 heteroatoms. The van der Waals surface area contributed by atoms with Gasteiger partial charge >= 0.3 is 0 Å². The van der Waals surface area contributed by atoms with Gasteiger partial charge in [0, 0.05) is 0 Å². The Balaban J connectivity index is 1.98. The van der Waals surface area contributed by atoms with Crippen LogP contribution in [0.5, 0.6) is 0 Å². The summed E-state index contributed by atoms with van der Waals surface area (Å²) >= 11 is 0. The second kappa shape index (κ2) is 4.50. The van der Waals surface area contributed by atoms with Gasteiger partial charge in [-0.15, -0.1) is 0 Å². The molecule has 0 fully saturated rings. The van der Waals surface area contributed by atoms with Gasteiger partial charge in [-0.2, -0.15) is 9.61 Å². The lowest BCUT2D eigenvalue weighted by molar-refractivity contribution is 0.631. The van der Waals surface area contributed by atoms with E-state index >= 15 is 0 Å². The van der Waals surface area contributed by atoms with E-state index in [0.717, 1.165) is 23.7 Å². The highest BCUT2D eigenvalue weighted by atomic mass is 16.3. The number of hydrogen-bond acceptors (Lipinski definition) is 5. The minimum absolute atomic E-state index is 0.389. The summed E-state index contributed by atoms with van der Waals surface area (Å²) in [5.74, 6) is 0.389. The van der Waals surface area contributed by atoms with Crippen LogP contribution in [-0.4, -0.2) is 24.6 Å². The molecule has 0 spiro atoms. The van der Waals surface area contributed by atoms with Gasteiger partial charge in [-0.3, -0.25) is 0 Å². The number of aryl methyl sites for hydroxylation is 1. The first-order valence-corrected chi connectivity index (χ1v) is 8.16. The number of pyridine rings is 1. The van der Waals surface area contributed by atoms with Crippen molar-refractivity contribution < 1.29 is 4.42 Å². The highest BCUT2D eigenvalue weighted by Crippen LogP contribution is 2.38. The molecule has 0 aromatic carbocycles. The summed E-state index contributed by atoms with van der Waals surface area (Å²) in [6.07, 6.45) is 7.84. The maximum absolute atomic E-state index is 6.08. The van der Waals surface area contributed by atoms with Crippen molar-refractivity contribution in [2.45, 2.75) is 45.4 Å². The third kappa shape index (κ3) is 1.69. The zero-order valence-electron chi connectivity index (χ0n) is 13.2. The van der Waals surface area contributed by atoms with Gasteiger partial charge in [-0.05, 0) is 42.7 Å². The van der Waals surface area contributed by atoms with Crippen molar-refractivity contribution in [3.63, 3.8) is 0 Å². The van der Waals surface area contributed by atoms with Gasteiger partial charge in [0.1, 0.15) is 18.2 Å². The quantitative estimate of drug-likeness (QED) is 0.539. The first-order chi connectivity index (χ1) is 11.2. The maximum Gasteiger partial charge on any atom is 0.229 e. The van der Waals surface area contributed by atoms with E-state index < -0.39 is 0 Å². The zero-order valence-corrected chi connectivity index (χ0v) is 13.2. The molecule has 4 aromatic heterocycles. The fourth-order valence-corrected chi connectivity index (χ4v) is 3.76. The molecule has 116 valence electrons. The van der Waals surface area contributed by atoms with E-state index in [1.165, 1.54) is 36.0 Å². The lowest BCUT2D eigenvalue weighted by atomic mass is 9.86. The van der Waals surface area contributed by atoms with E-state index in [1.54, 1.807) is 10.8 Å². The fraction of sp³-hybridized carbons (Fsp3) is 0.412. The van der Waals surface area contributed by atoms with Crippen molar-refractivity contribution in [3.05, 3.63) is 29.5 Å².